The largest absolute Gasteiger partial charge is 0.507 e. The van der Waals surface area contributed by atoms with E-state index in [4.69, 9.17) is 37.9 Å². The fourth-order valence-electron chi connectivity index (χ4n) is 10.7. The molecule has 0 heterocycles. The van der Waals surface area contributed by atoms with Gasteiger partial charge >= 0.3 is 0 Å². The lowest BCUT2D eigenvalue weighted by atomic mass is 9.75. The predicted octanol–water partition coefficient (Wildman–Crippen LogP) is 13.2. The summed E-state index contributed by atoms with van der Waals surface area (Å²) < 4.78 is 48.7. The smallest absolute Gasteiger partial charge is 0.127 e. The van der Waals surface area contributed by atoms with Crippen molar-refractivity contribution in [2.75, 3.05) is 54.9 Å². The zero-order valence-electron chi connectivity index (χ0n) is 44.0. The number of rotatable bonds is 16. The van der Waals surface area contributed by atoms with Crippen molar-refractivity contribution in [2.24, 2.45) is 0 Å². The van der Waals surface area contributed by atoms with Gasteiger partial charge in [-0.2, -0.15) is 0 Å². The van der Waals surface area contributed by atoms with Crippen LogP contribution in [0.1, 0.15) is 118 Å². The number of hydrogen-bond acceptors (Lipinski definition) is 12. The van der Waals surface area contributed by atoms with E-state index < -0.39 is 23.7 Å². The van der Waals surface area contributed by atoms with Gasteiger partial charge in [0, 0.05) is 92.4 Å². The van der Waals surface area contributed by atoms with E-state index in [1.54, 1.807) is 52.7 Å². The molecule has 0 saturated carbocycles. The molecule has 0 fully saturated rings. The number of hydrogen-bond donors (Lipinski definition) is 4. The lowest BCUT2D eigenvalue weighted by molar-refractivity contribution is 0.328. The van der Waals surface area contributed by atoms with Crippen molar-refractivity contribution in [3.63, 3.8) is 0 Å². The number of ether oxygens (including phenoxy) is 8. The molecule has 0 spiro atoms. The zero-order valence-corrected chi connectivity index (χ0v) is 44.0. The van der Waals surface area contributed by atoms with Gasteiger partial charge < -0.3 is 58.3 Å². The van der Waals surface area contributed by atoms with Crippen molar-refractivity contribution in [1.29, 1.82) is 0 Å². The molecule has 76 heavy (non-hydrogen) atoms. The third-order valence-electron chi connectivity index (χ3n) is 14.1. The topological polar surface area (TPSA) is 155 Å². The van der Waals surface area contributed by atoms with Gasteiger partial charge in [-0.05, 0) is 123 Å². The summed E-state index contributed by atoms with van der Waals surface area (Å²) in [4.78, 5) is 0. The zero-order chi connectivity index (χ0) is 53.6. The number of fused-ring (bicyclic) bond motifs is 8. The van der Waals surface area contributed by atoms with Crippen molar-refractivity contribution in [3.05, 3.63) is 212 Å². The van der Waals surface area contributed by atoms with Crippen LogP contribution in [0.15, 0.2) is 146 Å². The summed E-state index contributed by atoms with van der Waals surface area (Å²) in [6, 6.07) is 44.9. The molecule has 0 radical (unpaired) electrons. The Kier molecular flexibility index (Phi) is 15.7. The predicted molar refractivity (Wildman–Crippen MR) is 293 cm³/mol. The standard InChI is InChI=1S/C64H64O12/c1-9-73-57-33-53(65)45-29-49(57)62(38-15-23-42(70-6)24-16-38)47-31-51(59(75-11-3)35-55(47)67)64(40-19-27-44(72-8)28-20-40)52-32-48(56(68)36-60(52)76-12-4)63(39-17-25-43(71-7)26-18-39)50-30-46(54(66)34-58(50)74-10-2)61(45)37-13-21-41(69-5)22-14-37/h13-36,61-68H,9-12H2,1-8H3. The Labute approximate surface area is 444 Å². The number of benzene rings is 8. The number of phenolic OH excluding ortho intramolecular Hbond substituents is 4. The second-order valence-corrected chi connectivity index (χ2v) is 18.4. The van der Waals surface area contributed by atoms with Crippen LogP contribution in [-0.4, -0.2) is 75.3 Å². The van der Waals surface area contributed by atoms with Gasteiger partial charge in [-0.1, -0.05) is 48.5 Å². The summed E-state index contributed by atoms with van der Waals surface area (Å²) >= 11 is 0. The Morgan fingerprint density at radius 2 is 0.461 bits per heavy atom. The fraction of sp³-hybridized carbons (Fsp3) is 0.250. The molecular weight excluding hydrogens is 961 g/mol. The summed E-state index contributed by atoms with van der Waals surface area (Å²) in [7, 11) is 6.43. The molecule has 12 heteroatoms. The number of methoxy groups -OCH3 is 4. The van der Waals surface area contributed by atoms with Gasteiger partial charge in [0.1, 0.15) is 69.0 Å². The minimum atomic E-state index is -0.857. The fourth-order valence-corrected chi connectivity index (χ4v) is 10.7. The van der Waals surface area contributed by atoms with Crippen molar-refractivity contribution < 1.29 is 58.3 Å². The second-order valence-electron chi connectivity index (χ2n) is 18.4. The third kappa shape index (κ3) is 10.1. The van der Waals surface area contributed by atoms with Crippen LogP contribution in [0.3, 0.4) is 0 Å². The summed E-state index contributed by atoms with van der Waals surface area (Å²) in [6.07, 6.45) is 0. The van der Waals surface area contributed by atoms with Crippen molar-refractivity contribution >= 4 is 0 Å². The van der Waals surface area contributed by atoms with E-state index in [1.807, 2.05) is 149 Å². The van der Waals surface area contributed by atoms with Crippen molar-refractivity contribution in [1.82, 2.24) is 0 Å². The van der Waals surface area contributed by atoms with Crippen LogP contribution >= 0.6 is 0 Å². The highest BCUT2D eigenvalue weighted by Gasteiger charge is 2.36. The van der Waals surface area contributed by atoms with E-state index in [-0.39, 0.29) is 49.4 Å². The summed E-state index contributed by atoms with van der Waals surface area (Å²) in [5.41, 5.74) is 7.48. The van der Waals surface area contributed by atoms with Crippen LogP contribution in [0.25, 0.3) is 0 Å². The molecule has 0 aliphatic heterocycles. The van der Waals surface area contributed by atoms with Gasteiger partial charge in [0.05, 0.1) is 54.9 Å². The summed E-state index contributed by atoms with van der Waals surface area (Å²) in [5.74, 6) is 0.697. The van der Waals surface area contributed by atoms with E-state index in [9.17, 15) is 20.4 Å². The molecule has 8 aromatic carbocycles. The van der Waals surface area contributed by atoms with E-state index in [0.717, 1.165) is 16.7 Å². The molecule has 0 aromatic heterocycles. The van der Waals surface area contributed by atoms with E-state index >= 15 is 0 Å². The average molecular weight is 1030 g/mol. The first-order valence-corrected chi connectivity index (χ1v) is 25.5. The minimum Gasteiger partial charge on any atom is -0.507 e. The Morgan fingerprint density at radius 1 is 0.276 bits per heavy atom. The first-order valence-electron chi connectivity index (χ1n) is 25.5. The van der Waals surface area contributed by atoms with Crippen LogP contribution < -0.4 is 37.9 Å². The maximum Gasteiger partial charge on any atom is 0.127 e. The SMILES string of the molecule is CCOc1cc(O)c2cc1C(c1ccc(OC)cc1)c1cc(c(OCC)cc1O)C(c1ccc(OC)cc1)c1cc(c(O)cc1OCC)C(c1ccc(OC)cc1)c1cc(c(O)cc1OCC)C2c1ccc(OC)cc1. The van der Waals surface area contributed by atoms with Gasteiger partial charge in [-0.3, -0.25) is 0 Å². The normalized spacial score (nSPS) is 15.8. The average Bonchev–Trinajstić information content (AvgIpc) is 3.44. The molecule has 2 atom stereocenters. The lowest BCUT2D eigenvalue weighted by Gasteiger charge is -2.31. The Balaban J connectivity index is 1.52. The summed E-state index contributed by atoms with van der Waals surface area (Å²) in [6.45, 7) is 8.59. The first-order chi connectivity index (χ1) is 37.0. The molecule has 8 aromatic rings. The van der Waals surface area contributed by atoms with Gasteiger partial charge in [-0.25, -0.2) is 0 Å². The molecule has 4 N–H and O–H groups in total. The molecule has 1 aliphatic rings. The molecule has 392 valence electrons. The summed E-state index contributed by atoms with van der Waals surface area (Å²) in [5, 5.41) is 50.5. The van der Waals surface area contributed by atoms with E-state index in [1.165, 1.54) is 0 Å². The second kappa shape index (κ2) is 22.9. The Morgan fingerprint density at radius 3 is 0.645 bits per heavy atom. The van der Waals surface area contributed by atoms with Gasteiger partial charge in [0.25, 0.3) is 0 Å². The van der Waals surface area contributed by atoms with Crippen molar-refractivity contribution in [2.45, 2.75) is 51.4 Å². The molecule has 2 unspecified atom stereocenters. The van der Waals surface area contributed by atoms with Gasteiger partial charge in [0.2, 0.25) is 0 Å². The van der Waals surface area contributed by atoms with Gasteiger partial charge in [-0.15, -0.1) is 0 Å². The Bertz CT molecular complexity index is 3120. The molecule has 9 rings (SSSR count). The van der Waals surface area contributed by atoms with E-state index in [2.05, 4.69) is 0 Å². The maximum absolute atomic E-state index is 12.7. The highest BCUT2D eigenvalue weighted by Crippen LogP contribution is 2.54. The van der Waals surface area contributed by atoms with Crippen LogP contribution in [-0.2, 0) is 0 Å². The highest BCUT2D eigenvalue weighted by atomic mass is 16.5. The number of aromatic hydroxyl groups is 4. The molecule has 8 bridgehead atoms. The molecule has 1 aliphatic carbocycles. The number of phenols is 4. The maximum atomic E-state index is 12.7. The molecule has 0 saturated heterocycles. The minimum absolute atomic E-state index is 0.0591. The van der Waals surface area contributed by atoms with Crippen LogP contribution in [0.4, 0.5) is 0 Å². The lowest BCUT2D eigenvalue weighted by Crippen LogP contribution is -2.15. The first kappa shape index (κ1) is 52.2. The van der Waals surface area contributed by atoms with E-state index in [0.29, 0.717) is 96.1 Å². The molecule has 0 amide bonds. The van der Waals surface area contributed by atoms with Crippen molar-refractivity contribution in [3.8, 4) is 69.0 Å². The third-order valence-corrected chi connectivity index (χ3v) is 14.1. The van der Waals surface area contributed by atoms with Crippen LogP contribution in [0.5, 0.6) is 69.0 Å². The molecule has 12 nitrogen and oxygen atoms in total. The monoisotopic (exact) mass is 1020 g/mol. The van der Waals surface area contributed by atoms with Crippen LogP contribution in [0.2, 0.25) is 0 Å². The van der Waals surface area contributed by atoms with Gasteiger partial charge in [0.15, 0.2) is 0 Å². The van der Waals surface area contributed by atoms with Crippen LogP contribution in [0, 0.1) is 0 Å². The molecular formula is C64H64O12. The highest BCUT2D eigenvalue weighted by molar-refractivity contribution is 5.68. The Hall–Kier alpha value is -8.64. The quantitative estimate of drug-likeness (QED) is 0.0728.